The third-order valence-corrected chi connectivity index (χ3v) is 4.97. The highest BCUT2D eigenvalue weighted by molar-refractivity contribution is 6.35. The standard InChI is InChI=1S/C22H18Cl2N4O4/c1-30-16-7-4-14(5-8-16)12-25-22-26-21(19-3-2-10-31-19)27-28(22)20(29)13-32-18-9-6-15(23)11-17(18)24/h2-11H,12-13H2,1H3,(H,25,26,27). The number of furan rings is 1. The molecule has 164 valence electrons. The quantitative estimate of drug-likeness (QED) is 0.377. The second kappa shape index (κ2) is 9.76. The Hall–Kier alpha value is -3.49. The zero-order valence-electron chi connectivity index (χ0n) is 16.9. The van der Waals surface area contributed by atoms with Crippen molar-refractivity contribution in [3.63, 3.8) is 0 Å². The van der Waals surface area contributed by atoms with Crippen LogP contribution in [-0.2, 0) is 6.54 Å². The molecule has 4 rings (SSSR count). The van der Waals surface area contributed by atoms with Gasteiger partial charge < -0.3 is 19.2 Å². The van der Waals surface area contributed by atoms with E-state index >= 15 is 0 Å². The summed E-state index contributed by atoms with van der Waals surface area (Å²) in [6.45, 7) is 0.108. The lowest BCUT2D eigenvalue weighted by Gasteiger charge is -2.10. The molecule has 8 nitrogen and oxygen atoms in total. The van der Waals surface area contributed by atoms with Gasteiger partial charge in [0, 0.05) is 11.6 Å². The van der Waals surface area contributed by atoms with Gasteiger partial charge >= 0.3 is 0 Å². The molecule has 4 aromatic rings. The molecule has 0 saturated heterocycles. The summed E-state index contributed by atoms with van der Waals surface area (Å²) in [5.41, 5.74) is 0.969. The molecule has 0 amide bonds. The molecule has 2 aromatic carbocycles. The van der Waals surface area contributed by atoms with Crippen molar-refractivity contribution < 1.29 is 18.7 Å². The van der Waals surface area contributed by atoms with Crippen LogP contribution in [0.15, 0.2) is 65.3 Å². The van der Waals surface area contributed by atoms with Crippen molar-refractivity contribution >= 4 is 35.1 Å². The number of aromatic nitrogens is 3. The molecule has 0 aliphatic rings. The molecule has 2 heterocycles. The minimum Gasteiger partial charge on any atom is -0.497 e. The highest BCUT2D eigenvalue weighted by Gasteiger charge is 2.19. The number of methoxy groups -OCH3 is 1. The molecule has 1 N–H and O–H groups in total. The molecular weight excluding hydrogens is 455 g/mol. The van der Waals surface area contributed by atoms with Crippen LogP contribution in [0.5, 0.6) is 11.5 Å². The van der Waals surface area contributed by atoms with Crippen molar-refractivity contribution in [2.45, 2.75) is 6.54 Å². The van der Waals surface area contributed by atoms with Gasteiger partial charge in [-0.15, -0.1) is 5.10 Å². The Labute approximate surface area is 193 Å². The van der Waals surface area contributed by atoms with Gasteiger partial charge in [0.2, 0.25) is 11.8 Å². The van der Waals surface area contributed by atoms with E-state index in [1.807, 2.05) is 24.3 Å². The largest absolute Gasteiger partial charge is 0.497 e. The zero-order chi connectivity index (χ0) is 22.5. The van der Waals surface area contributed by atoms with Gasteiger partial charge in [0.15, 0.2) is 12.4 Å². The predicted molar refractivity (Wildman–Crippen MR) is 121 cm³/mol. The molecule has 0 unspecified atom stereocenters. The van der Waals surface area contributed by atoms with Crippen molar-refractivity contribution in [1.29, 1.82) is 0 Å². The van der Waals surface area contributed by atoms with Crippen LogP contribution >= 0.6 is 23.2 Å². The van der Waals surface area contributed by atoms with Gasteiger partial charge in [-0.25, -0.2) is 0 Å². The summed E-state index contributed by atoms with van der Waals surface area (Å²) >= 11 is 12.0. The first-order valence-electron chi connectivity index (χ1n) is 9.52. The number of carbonyl (C=O) groups is 1. The summed E-state index contributed by atoms with van der Waals surface area (Å²) in [5, 5.41) is 8.20. The molecule has 10 heteroatoms. The summed E-state index contributed by atoms with van der Waals surface area (Å²) in [5.74, 6) is 1.60. The average molecular weight is 473 g/mol. The summed E-state index contributed by atoms with van der Waals surface area (Å²) in [6.07, 6.45) is 1.51. The first-order valence-corrected chi connectivity index (χ1v) is 10.3. The van der Waals surface area contributed by atoms with Crippen LogP contribution in [0, 0.1) is 0 Å². The van der Waals surface area contributed by atoms with Crippen LogP contribution in [0.3, 0.4) is 0 Å². The molecule has 0 radical (unpaired) electrons. The highest BCUT2D eigenvalue weighted by Crippen LogP contribution is 2.27. The summed E-state index contributed by atoms with van der Waals surface area (Å²) in [6, 6.07) is 15.7. The summed E-state index contributed by atoms with van der Waals surface area (Å²) < 4.78 is 17.2. The molecule has 0 aliphatic carbocycles. The maximum atomic E-state index is 12.9. The van der Waals surface area contributed by atoms with E-state index < -0.39 is 5.91 Å². The van der Waals surface area contributed by atoms with Gasteiger partial charge in [0.25, 0.3) is 5.91 Å². The average Bonchev–Trinajstić information content (AvgIpc) is 3.47. The van der Waals surface area contributed by atoms with Gasteiger partial charge in [0.1, 0.15) is 11.5 Å². The van der Waals surface area contributed by atoms with Crippen molar-refractivity contribution in [3.8, 4) is 23.1 Å². The Morgan fingerprint density at radius 3 is 2.66 bits per heavy atom. The minimum atomic E-state index is -0.446. The number of nitrogens with zero attached hydrogens (tertiary/aromatic N) is 3. The fourth-order valence-corrected chi connectivity index (χ4v) is 3.29. The topological polar surface area (TPSA) is 91.4 Å². The predicted octanol–water partition coefficient (Wildman–Crippen LogP) is 5.18. The first kappa shape index (κ1) is 21.7. The van der Waals surface area contributed by atoms with E-state index in [2.05, 4.69) is 15.4 Å². The Kier molecular flexibility index (Phi) is 6.63. The van der Waals surface area contributed by atoms with E-state index in [4.69, 9.17) is 37.1 Å². The van der Waals surface area contributed by atoms with E-state index in [9.17, 15) is 4.79 Å². The molecule has 0 atom stereocenters. The van der Waals surface area contributed by atoms with Gasteiger partial charge in [-0.05, 0) is 48.0 Å². The van der Waals surface area contributed by atoms with E-state index in [0.29, 0.717) is 28.1 Å². The number of hydrogen-bond acceptors (Lipinski definition) is 7. The van der Waals surface area contributed by atoms with Gasteiger partial charge in [-0.3, -0.25) is 4.79 Å². The van der Waals surface area contributed by atoms with Gasteiger partial charge in [-0.2, -0.15) is 9.67 Å². The SMILES string of the molecule is COc1ccc(CNc2nc(-c3ccco3)nn2C(=O)COc2ccc(Cl)cc2Cl)cc1. The highest BCUT2D eigenvalue weighted by atomic mass is 35.5. The van der Waals surface area contributed by atoms with Crippen LogP contribution < -0.4 is 14.8 Å². The first-order chi connectivity index (χ1) is 15.5. The van der Waals surface area contributed by atoms with Crippen molar-refractivity contribution in [2.24, 2.45) is 0 Å². The van der Waals surface area contributed by atoms with E-state index in [0.717, 1.165) is 16.0 Å². The van der Waals surface area contributed by atoms with Crippen molar-refractivity contribution in [2.75, 3.05) is 19.0 Å². The molecule has 0 aliphatic heterocycles. The van der Waals surface area contributed by atoms with Crippen LogP contribution in [0.1, 0.15) is 10.4 Å². The molecule has 0 saturated carbocycles. The van der Waals surface area contributed by atoms with Crippen LogP contribution in [0.4, 0.5) is 5.95 Å². The maximum absolute atomic E-state index is 12.9. The van der Waals surface area contributed by atoms with E-state index in [-0.39, 0.29) is 18.4 Å². The van der Waals surface area contributed by atoms with E-state index in [1.165, 1.54) is 12.3 Å². The number of benzene rings is 2. The zero-order valence-corrected chi connectivity index (χ0v) is 18.4. The molecule has 0 fully saturated rings. The Morgan fingerprint density at radius 2 is 1.97 bits per heavy atom. The molecule has 2 aromatic heterocycles. The van der Waals surface area contributed by atoms with Crippen LogP contribution in [0.2, 0.25) is 10.0 Å². The van der Waals surface area contributed by atoms with Gasteiger partial charge in [-0.1, -0.05) is 35.3 Å². The summed E-state index contributed by atoms with van der Waals surface area (Å²) in [7, 11) is 1.61. The van der Waals surface area contributed by atoms with Crippen LogP contribution in [0.25, 0.3) is 11.6 Å². The third-order valence-electron chi connectivity index (χ3n) is 4.44. The number of anilines is 1. The molecule has 32 heavy (non-hydrogen) atoms. The molecule has 0 bridgehead atoms. The maximum Gasteiger partial charge on any atom is 0.287 e. The molecular formula is C22H18Cl2N4O4. The smallest absolute Gasteiger partial charge is 0.287 e. The minimum absolute atomic E-state index is 0.253. The normalized spacial score (nSPS) is 10.7. The number of carbonyl (C=O) groups excluding carboxylic acids is 1. The number of ether oxygens (including phenoxy) is 2. The number of rotatable bonds is 8. The number of halogens is 2. The lowest BCUT2D eigenvalue weighted by Crippen LogP contribution is -2.22. The van der Waals surface area contributed by atoms with Crippen molar-refractivity contribution in [3.05, 3.63) is 76.5 Å². The lowest BCUT2D eigenvalue weighted by molar-refractivity contribution is 0.0824. The van der Waals surface area contributed by atoms with Gasteiger partial charge in [0.05, 0.1) is 18.4 Å². The Bertz CT molecular complexity index is 1210. The summed E-state index contributed by atoms with van der Waals surface area (Å²) in [4.78, 5) is 17.3. The molecule has 0 spiro atoms. The van der Waals surface area contributed by atoms with Crippen molar-refractivity contribution in [1.82, 2.24) is 14.8 Å². The number of hydrogen-bond donors (Lipinski definition) is 1. The fourth-order valence-electron chi connectivity index (χ4n) is 2.83. The second-order valence-corrected chi connectivity index (χ2v) is 7.45. The Balaban J connectivity index is 1.52. The fraction of sp³-hybridized carbons (Fsp3) is 0.136. The monoisotopic (exact) mass is 472 g/mol. The third kappa shape index (κ3) is 5.04. The number of nitrogens with one attached hydrogen (secondary N) is 1. The Morgan fingerprint density at radius 1 is 1.16 bits per heavy atom. The lowest BCUT2D eigenvalue weighted by atomic mass is 10.2. The van der Waals surface area contributed by atoms with Crippen LogP contribution in [-0.4, -0.2) is 34.4 Å². The van der Waals surface area contributed by atoms with E-state index in [1.54, 1.807) is 31.4 Å². The second-order valence-electron chi connectivity index (χ2n) is 6.61.